The molecule has 2 rings (SSSR count). The van der Waals surface area contributed by atoms with Crippen molar-refractivity contribution in [2.24, 2.45) is 7.05 Å². The van der Waals surface area contributed by atoms with Crippen molar-refractivity contribution in [2.75, 3.05) is 6.61 Å². The Morgan fingerprint density at radius 2 is 2.00 bits per heavy atom. The third-order valence-corrected chi connectivity index (χ3v) is 3.45. The number of aliphatic hydroxyl groups excluding tert-OH is 1. The van der Waals surface area contributed by atoms with Crippen LogP contribution >= 0.6 is 27.5 Å². The quantitative estimate of drug-likeness (QED) is 0.945. The standard InChI is InChI=1S/C12H12BrClN2O/c1-16-10(6-7-17)11(14)15-12(16)8-2-4-9(13)5-3-8/h2-5,17H,6-7H2,1H3. The molecule has 0 bridgehead atoms. The molecule has 0 spiro atoms. The second-order valence-corrected chi connectivity index (χ2v) is 4.99. The van der Waals surface area contributed by atoms with E-state index >= 15 is 0 Å². The van der Waals surface area contributed by atoms with Gasteiger partial charge in [0.2, 0.25) is 0 Å². The van der Waals surface area contributed by atoms with Gasteiger partial charge in [0.05, 0.1) is 5.69 Å². The third kappa shape index (κ3) is 2.54. The van der Waals surface area contributed by atoms with Crippen molar-refractivity contribution in [3.8, 4) is 11.4 Å². The summed E-state index contributed by atoms with van der Waals surface area (Å²) in [7, 11) is 1.90. The molecule has 0 unspecified atom stereocenters. The van der Waals surface area contributed by atoms with E-state index in [2.05, 4.69) is 20.9 Å². The highest BCUT2D eigenvalue weighted by atomic mass is 79.9. The Bertz CT molecular complexity index is 522. The summed E-state index contributed by atoms with van der Waals surface area (Å²) in [6, 6.07) is 7.88. The summed E-state index contributed by atoms with van der Waals surface area (Å²) in [4.78, 5) is 4.33. The predicted octanol–water partition coefficient (Wildman–Crippen LogP) is 3.04. The second-order valence-electron chi connectivity index (χ2n) is 3.71. The molecule has 3 nitrogen and oxygen atoms in total. The zero-order chi connectivity index (χ0) is 12.4. The Morgan fingerprint density at radius 1 is 1.35 bits per heavy atom. The molecule has 0 saturated heterocycles. The van der Waals surface area contributed by atoms with E-state index in [0.717, 1.165) is 21.6 Å². The minimum Gasteiger partial charge on any atom is -0.396 e. The normalized spacial score (nSPS) is 10.8. The van der Waals surface area contributed by atoms with Crippen LogP contribution in [0.25, 0.3) is 11.4 Å². The number of hydrogen-bond acceptors (Lipinski definition) is 2. The maximum atomic E-state index is 8.98. The topological polar surface area (TPSA) is 38.0 Å². The summed E-state index contributed by atoms with van der Waals surface area (Å²) in [6.07, 6.45) is 0.513. The Morgan fingerprint density at radius 3 is 2.59 bits per heavy atom. The van der Waals surface area contributed by atoms with Gasteiger partial charge in [0.15, 0.2) is 5.15 Å². The molecule has 0 saturated carbocycles. The Hall–Kier alpha value is -0.840. The van der Waals surface area contributed by atoms with Gasteiger partial charge in [0.1, 0.15) is 5.82 Å². The number of halogens is 2. The van der Waals surface area contributed by atoms with E-state index in [9.17, 15) is 0 Å². The number of nitrogens with zero attached hydrogens (tertiary/aromatic N) is 2. The van der Waals surface area contributed by atoms with Gasteiger partial charge in [-0.3, -0.25) is 0 Å². The van der Waals surface area contributed by atoms with Crippen LogP contribution in [0.2, 0.25) is 5.15 Å². The first-order valence-corrected chi connectivity index (χ1v) is 6.38. The Kier molecular flexibility index (Phi) is 3.86. The molecule has 0 aliphatic heterocycles. The maximum Gasteiger partial charge on any atom is 0.151 e. The molecule has 0 atom stereocenters. The lowest BCUT2D eigenvalue weighted by atomic mass is 10.2. The zero-order valence-electron chi connectivity index (χ0n) is 9.32. The van der Waals surface area contributed by atoms with Crippen LogP contribution in [-0.4, -0.2) is 21.3 Å². The van der Waals surface area contributed by atoms with Crippen LogP contribution < -0.4 is 0 Å². The fraction of sp³-hybridized carbons (Fsp3) is 0.250. The van der Waals surface area contributed by atoms with Gasteiger partial charge in [-0.25, -0.2) is 4.98 Å². The maximum absolute atomic E-state index is 8.98. The smallest absolute Gasteiger partial charge is 0.151 e. The fourth-order valence-corrected chi connectivity index (χ4v) is 2.30. The summed E-state index contributed by atoms with van der Waals surface area (Å²) in [5.74, 6) is 0.811. The van der Waals surface area contributed by atoms with E-state index < -0.39 is 0 Å². The highest BCUT2D eigenvalue weighted by molar-refractivity contribution is 9.10. The molecule has 0 aliphatic rings. The van der Waals surface area contributed by atoms with Crippen molar-refractivity contribution >= 4 is 27.5 Å². The number of hydrogen-bond donors (Lipinski definition) is 1. The van der Waals surface area contributed by atoms with Gasteiger partial charge < -0.3 is 9.67 Å². The van der Waals surface area contributed by atoms with Gasteiger partial charge in [-0.1, -0.05) is 39.7 Å². The number of aliphatic hydroxyl groups is 1. The third-order valence-electron chi connectivity index (χ3n) is 2.62. The minimum atomic E-state index is 0.0685. The molecule has 0 radical (unpaired) electrons. The van der Waals surface area contributed by atoms with Crippen LogP contribution in [0.3, 0.4) is 0 Å². The van der Waals surface area contributed by atoms with Gasteiger partial charge in [-0.05, 0) is 12.1 Å². The highest BCUT2D eigenvalue weighted by Gasteiger charge is 2.13. The largest absolute Gasteiger partial charge is 0.396 e. The molecule has 90 valence electrons. The molecule has 0 amide bonds. The van der Waals surface area contributed by atoms with Gasteiger partial charge in [0, 0.05) is 30.1 Å². The first-order valence-electron chi connectivity index (χ1n) is 5.21. The zero-order valence-corrected chi connectivity index (χ0v) is 11.7. The van der Waals surface area contributed by atoms with Crippen LogP contribution in [0.4, 0.5) is 0 Å². The van der Waals surface area contributed by atoms with E-state index in [-0.39, 0.29) is 6.61 Å². The summed E-state index contributed by atoms with van der Waals surface area (Å²) in [5.41, 5.74) is 1.86. The van der Waals surface area contributed by atoms with E-state index in [1.165, 1.54) is 0 Å². The van der Waals surface area contributed by atoms with Gasteiger partial charge in [0.25, 0.3) is 0 Å². The number of benzene rings is 1. The number of rotatable bonds is 3. The van der Waals surface area contributed by atoms with Crippen LogP contribution in [0.5, 0.6) is 0 Å². The Labute approximate surface area is 113 Å². The van der Waals surface area contributed by atoms with Crippen molar-refractivity contribution in [1.82, 2.24) is 9.55 Å². The Balaban J connectivity index is 2.46. The van der Waals surface area contributed by atoms with Crippen molar-refractivity contribution in [2.45, 2.75) is 6.42 Å². The summed E-state index contributed by atoms with van der Waals surface area (Å²) < 4.78 is 2.94. The first kappa shape index (κ1) is 12.6. The monoisotopic (exact) mass is 314 g/mol. The first-order chi connectivity index (χ1) is 8.13. The molecule has 1 aromatic heterocycles. The molecule has 0 aliphatic carbocycles. The van der Waals surface area contributed by atoms with Crippen molar-refractivity contribution in [1.29, 1.82) is 0 Å². The van der Waals surface area contributed by atoms with E-state index in [1.807, 2.05) is 35.9 Å². The van der Waals surface area contributed by atoms with E-state index in [1.54, 1.807) is 0 Å². The molecule has 1 aromatic carbocycles. The SMILES string of the molecule is Cn1c(-c2ccc(Br)cc2)nc(Cl)c1CCO. The molecule has 2 aromatic rings. The lowest BCUT2D eigenvalue weighted by Crippen LogP contribution is -2.01. The highest BCUT2D eigenvalue weighted by Crippen LogP contribution is 2.25. The molecule has 17 heavy (non-hydrogen) atoms. The summed E-state index contributed by atoms with van der Waals surface area (Å²) in [6.45, 7) is 0.0685. The molecular formula is C12H12BrClN2O. The lowest BCUT2D eigenvalue weighted by molar-refractivity contribution is 0.297. The van der Waals surface area contributed by atoms with Crippen molar-refractivity contribution in [3.63, 3.8) is 0 Å². The number of aromatic nitrogens is 2. The van der Waals surface area contributed by atoms with Crippen LogP contribution in [0.1, 0.15) is 5.69 Å². The average Bonchev–Trinajstić information content (AvgIpc) is 2.59. The molecular weight excluding hydrogens is 304 g/mol. The minimum absolute atomic E-state index is 0.0685. The molecule has 1 N–H and O–H groups in total. The predicted molar refractivity (Wildman–Crippen MR) is 72.1 cm³/mol. The van der Waals surface area contributed by atoms with Gasteiger partial charge in [-0.15, -0.1) is 0 Å². The second kappa shape index (κ2) is 5.21. The van der Waals surface area contributed by atoms with Gasteiger partial charge >= 0.3 is 0 Å². The average molecular weight is 316 g/mol. The van der Waals surface area contributed by atoms with E-state index in [0.29, 0.717) is 11.6 Å². The summed E-state index contributed by atoms with van der Waals surface area (Å²) in [5, 5.41) is 9.44. The fourth-order valence-electron chi connectivity index (χ4n) is 1.73. The van der Waals surface area contributed by atoms with E-state index in [4.69, 9.17) is 16.7 Å². The van der Waals surface area contributed by atoms with Crippen molar-refractivity contribution < 1.29 is 5.11 Å². The molecule has 5 heteroatoms. The number of imidazole rings is 1. The van der Waals surface area contributed by atoms with Crippen LogP contribution in [-0.2, 0) is 13.5 Å². The van der Waals surface area contributed by atoms with Gasteiger partial charge in [-0.2, -0.15) is 0 Å². The molecule has 0 fully saturated rings. The van der Waals surface area contributed by atoms with Crippen LogP contribution in [0.15, 0.2) is 28.7 Å². The molecule has 1 heterocycles. The lowest BCUT2D eigenvalue weighted by Gasteiger charge is -2.05. The van der Waals surface area contributed by atoms with Crippen molar-refractivity contribution in [3.05, 3.63) is 39.6 Å². The van der Waals surface area contributed by atoms with Crippen LogP contribution in [0, 0.1) is 0 Å². The summed E-state index contributed by atoms with van der Waals surface area (Å²) >= 11 is 9.45.